The predicted octanol–water partition coefficient (Wildman–Crippen LogP) is 0.973. The molecule has 0 aliphatic carbocycles. The normalized spacial score (nSPS) is 14.5. The van der Waals surface area contributed by atoms with Crippen molar-refractivity contribution in [2.24, 2.45) is 0 Å². The number of hydrogen-bond donors (Lipinski definition) is 0. The second-order valence-electron chi connectivity index (χ2n) is 5.40. The van der Waals surface area contributed by atoms with Gasteiger partial charge >= 0.3 is 5.69 Å². The molecule has 0 saturated carbocycles. The third-order valence-corrected chi connectivity index (χ3v) is 3.74. The molecule has 1 aliphatic rings. The number of ether oxygens (including phenoxy) is 1. The van der Waals surface area contributed by atoms with Gasteiger partial charge in [0.25, 0.3) is 5.91 Å². The summed E-state index contributed by atoms with van der Waals surface area (Å²) in [5.74, 6) is -0.178. The van der Waals surface area contributed by atoms with Crippen LogP contribution in [0.4, 0.5) is 5.69 Å². The first-order valence-corrected chi connectivity index (χ1v) is 7.29. The van der Waals surface area contributed by atoms with Crippen LogP contribution in [-0.2, 0) is 9.59 Å². The summed E-state index contributed by atoms with van der Waals surface area (Å²) >= 11 is 0. The van der Waals surface area contributed by atoms with Crippen molar-refractivity contribution in [1.82, 2.24) is 9.80 Å². The van der Waals surface area contributed by atoms with Crippen molar-refractivity contribution in [2.45, 2.75) is 13.8 Å². The highest BCUT2D eigenvalue weighted by atomic mass is 16.6. The Morgan fingerprint density at radius 3 is 2.39 bits per heavy atom. The molecule has 0 bridgehead atoms. The number of nitrogens with zero attached hydrogens (tertiary/aromatic N) is 3. The van der Waals surface area contributed by atoms with E-state index in [-0.39, 0.29) is 29.9 Å². The molecule has 0 aromatic heterocycles. The van der Waals surface area contributed by atoms with Crippen LogP contribution in [-0.4, -0.2) is 59.3 Å². The first-order chi connectivity index (χ1) is 10.9. The summed E-state index contributed by atoms with van der Waals surface area (Å²) in [6, 6.07) is 4.60. The Morgan fingerprint density at radius 2 is 1.83 bits per heavy atom. The number of nitro benzene ring substituents is 1. The van der Waals surface area contributed by atoms with Gasteiger partial charge in [-0.15, -0.1) is 0 Å². The lowest BCUT2D eigenvalue weighted by molar-refractivity contribution is -0.385. The average Bonchev–Trinajstić information content (AvgIpc) is 2.53. The van der Waals surface area contributed by atoms with Crippen molar-refractivity contribution in [1.29, 1.82) is 0 Å². The molecule has 2 amide bonds. The standard InChI is InChI=1S/C15H19N3O5/c1-11-3-4-14(13(9-11)18(21)22)23-10-15(20)17-7-5-16(6-8-17)12(2)19/h3-4,9H,5-8,10H2,1-2H3. The maximum absolute atomic E-state index is 12.1. The fourth-order valence-electron chi connectivity index (χ4n) is 2.39. The molecule has 0 N–H and O–H groups in total. The molecule has 1 fully saturated rings. The van der Waals surface area contributed by atoms with Gasteiger partial charge in [0, 0.05) is 39.2 Å². The summed E-state index contributed by atoms with van der Waals surface area (Å²) in [4.78, 5) is 37.1. The Balaban J connectivity index is 1.93. The molecule has 124 valence electrons. The molecular formula is C15H19N3O5. The Morgan fingerprint density at radius 1 is 1.22 bits per heavy atom. The highest BCUT2D eigenvalue weighted by Crippen LogP contribution is 2.27. The van der Waals surface area contributed by atoms with Crippen molar-refractivity contribution in [3.63, 3.8) is 0 Å². The number of carbonyl (C=O) groups is 2. The smallest absolute Gasteiger partial charge is 0.311 e. The summed E-state index contributed by atoms with van der Waals surface area (Å²) < 4.78 is 5.33. The molecule has 1 saturated heterocycles. The molecule has 23 heavy (non-hydrogen) atoms. The number of nitro groups is 1. The molecule has 1 aromatic rings. The Hall–Kier alpha value is -2.64. The second-order valence-corrected chi connectivity index (χ2v) is 5.40. The number of benzene rings is 1. The fourth-order valence-corrected chi connectivity index (χ4v) is 2.39. The molecule has 1 heterocycles. The van der Waals surface area contributed by atoms with E-state index >= 15 is 0 Å². The predicted molar refractivity (Wildman–Crippen MR) is 82.2 cm³/mol. The minimum Gasteiger partial charge on any atom is -0.477 e. The van der Waals surface area contributed by atoms with Crippen LogP contribution in [0.5, 0.6) is 5.75 Å². The Bertz CT molecular complexity index is 624. The first kappa shape index (κ1) is 16.7. The van der Waals surface area contributed by atoms with Gasteiger partial charge in [-0.1, -0.05) is 6.07 Å². The summed E-state index contributed by atoms with van der Waals surface area (Å²) in [6.45, 7) is 4.85. The highest BCUT2D eigenvalue weighted by Gasteiger charge is 2.23. The van der Waals surface area contributed by atoms with Crippen molar-refractivity contribution in [3.8, 4) is 5.75 Å². The lowest BCUT2D eigenvalue weighted by atomic mass is 10.2. The van der Waals surface area contributed by atoms with Gasteiger partial charge in [-0.25, -0.2) is 0 Å². The molecule has 1 aliphatic heterocycles. The number of piperazine rings is 1. The molecular weight excluding hydrogens is 302 g/mol. The van der Waals surface area contributed by atoms with Crippen LogP contribution < -0.4 is 4.74 Å². The fraction of sp³-hybridized carbons (Fsp3) is 0.467. The quantitative estimate of drug-likeness (QED) is 0.608. The summed E-state index contributed by atoms with van der Waals surface area (Å²) in [5.41, 5.74) is 0.593. The molecule has 0 radical (unpaired) electrons. The van der Waals surface area contributed by atoms with Crippen molar-refractivity contribution in [2.75, 3.05) is 32.8 Å². The third-order valence-electron chi connectivity index (χ3n) is 3.74. The van der Waals surface area contributed by atoms with Gasteiger partial charge in [0.2, 0.25) is 5.91 Å². The minimum absolute atomic E-state index is 0.0105. The van der Waals surface area contributed by atoms with Gasteiger partial charge in [-0.3, -0.25) is 19.7 Å². The average molecular weight is 321 g/mol. The van der Waals surface area contributed by atoms with Crippen LogP contribution in [0.1, 0.15) is 12.5 Å². The first-order valence-electron chi connectivity index (χ1n) is 7.29. The van der Waals surface area contributed by atoms with E-state index < -0.39 is 4.92 Å². The van der Waals surface area contributed by atoms with Crippen LogP contribution in [0, 0.1) is 17.0 Å². The van der Waals surface area contributed by atoms with Crippen molar-refractivity contribution < 1.29 is 19.2 Å². The van der Waals surface area contributed by atoms with Crippen LogP contribution in [0.3, 0.4) is 0 Å². The third kappa shape index (κ3) is 4.18. The topological polar surface area (TPSA) is 93.0 Å². The highest BCUT2D eigenvalue weighted by molar-refractivity contribution is 5.79. The van der Waals surface area contributed by atoms with Crippen LogP contribution in [0.2, 0.25) is 0 Å². The van der Waals surface area contributed by atoms with Crippen molar-refractivity contribution >= 4 is 17.5 Å². The largest absolute Gasteiger partial charge is 0.477 e. The number of aryl methyl sites for hydroxylation is 1. The lowest BCUT2D eigenvalue weighted by Gasteiger charge is -2.34. The van der Waals surface area contributed by atoms with E-state index in [4.69, 9.17) is 4.74 Å². The van der Waals surface area contributed by atoms with E-state index in [9.17, 15) is 19.7 Å². The Kier molecular flexibility index (Phi) is 5.15. The number of carbonyl (C=O) groups excluding carboxylic acids is 2. The summed E-state index contributed by atoms with van der Waals surface area (Å²) in [6.07, 6.45) is 0. The molecule has 1 aromatic carbocycles. The van der Waals surface area contributed by atoms with E-state index in [0.29, 0.717) is 26.2 Å². The zero-order valence-corrected chi connectivity index (χ0v) is 13.2. The van der Waals surface area contributed by atoms with E-state index in [1.807, 2.05) is 0 Å². The molecule has 0 spiro atoms. The lowest BCUT2D eigenvalue weighted by Crippen LogP contribution is -2.51. The van der Waals surface area contributed by atoms with Gasteiger partial charge in [-0.05, 0) is 18.6 Å². The van der Waals surface area contributed by atoms with Gasteiger partial charge in [0.15, 0.2) is 12.4 Å². The van der Waals surface area contributed by atoms with E-state index in [0.717, 1.165) is 5.56 Å². The number of hydrogen-bond acceptors (Lipinski definition) is 5. The monoisotopic (exact) mass is 321 g/mol. The Labute approximate surface area is 133 Å². The minimum atomic E-state index is -0.529. The summed E-state index contributed by atoms with van der Waals surface area (Å²) in [7, 11) is 0. The SMILES string of the molecule is CC(=O)N1CCN(C(=O)COc2ccc(C)cc2[N+](=O)[O-])CC1. The zero-order chi connectivity index (χ0) is 17.0. The van der Waals surface area contributed by atoms with Gasteiger partial charge in [-0.2, -0.15) is 0 Å². The van der Waals surface area contributed by atoms with Gasteiger partial charge in [0.05, 0.1) is 4.92 Å². The molecule has 2 rings (SSSR count). The van der Waals surface area contributed by atoms with Crippen LogP contribution >= 0.6 is 0 Å². The van der Waals surface area contributed by atoms with E-state index in [2.05, 4.69) is 0 Å². The molecule has 0 atom stereocenters. The zero-order valence-electron chi connectivity index (χ0n) is 13.2. The second kappa shape index (κ2) is 7.08. The molecule has 8 heteroatoms. The molecule has 0 unspecified atom stereocenters. The van der Waals surface area contributed by atoms with Gasteiger partial charge in [0.1, 0.15) is 0 Å². The maximum Gasteiger partial charge on any atom is 0.311 e. The van der Waals surface area contributed by atoms with Crippen LogP contribution in [0.25, 0.3) is 0 Å². The molecule has 8 nitrogen and oxygen atoms in total. The van der Waals surface area contributed by atoms with Crippen LogP contribution in [0.15, 0.2) is 18.2 Å². The van der Waals surface area contributed by atoms with E-state index in [1.165, 1.54) is 19.1 Å². The van der Waals surface area contributed by atoms with Crippen molar-refractivity contribution in [3.05, 3.63) is 33.9 Å². The number of rotatable bonds is 4. The summed E-state index contributed by atoms with van der Waals surface area (Å²) in [5, 5.41) is 11.0. The van der Waals surface area contributed by atoms with Gasteiger partial charge < -0.3 is 14.5 Å². The van der Waals surface area contributed by atoms with E-state index in [1.54, 1.807) is 22.8 Å². The number of amides is 2. The maximum atomic E-state index is 12.1.